The van der Waals surface area contributed by atoms with Gasteiger partial charge in [0.1, 0.15) is 0 Å². The molecule has 3 aromatic rings. The summed E-state index contributed by atoms with van der Waals surface area (Å²) in [4.78, 5) is 11.4. The standard InChI is InChI=1S/C18H14O2/c1-12-5-4-8-16(18(19)20)17(12)15-10-9-13-6-2-3-7-14(13)11-15/h2-11H,1H3,(H,19,20). The topological polar surface area (TPSA) is 37.3 Å². The second-order valence-corrected chi connectivity index (χ2v) is 4.86. The van der Waals surface area contributed by atoms with Crippen LogP contribution in [0.3, 0.4) is 0 Å². The predicted octanol–water partition coefficient (Wildman–Crippen LogP) is 4.51. The number of carbonyl (C=O) groups is 1. The molecule has 0 bridgehead atoms. The van der Waals surface area contributed by atoms with Crippen LogP contribution in [-0.4, -0.2) is 11.1 Å². The number of aromatic carboxylic acids is 1. The summed E-state index contributed by atoms with van der Waals surface area (Å²) in [7, 11) is 0. The van der Waals surface area contributed by atoms with Crippen LogP contribution in [0.5, 0.6) is 0 Å². The molecule has 3 rings (SSSR count). The quantitative estimate of drug-likeness (QED) is 0.737. The van der Waals surface area contributed by atoms with Crippen LogP contribution in [0.4, 0.5) is 0 Å². The lowest BCUT2D eigenvalue weighted by Crippen LogP contribution is -2.01. The zero-order valence-corrected chi connectivity index (χ0v) is 11.1. The van der Waals surface area contributed by atoms with E-state index in [2.05, 4.69) is 6.07 Å². The van der Waals surface area contributed by atoms with Crippen LogP contribution in [0, 0.1) is 6.92 Å². The highest BCUT2D eigenvalue weighted by Gasteiger charge is 2.13. The van der Waals surface area contributed by atoms with E-state index in [9.17, 15) is 9.90 Å². The normalized spacial score (nSPS) is 10.7. The summed E-state index contributed by atoms with van der Waals surface area (Å²) >= 11 is 0. The number of rotatable bonds is 2. The van der Waals surface area contributed by atoms with Gasteiger partial charge in [0.15, 0.2) is 0 Å². The third kappa shape index (κ3) is 2.05. The number of hydrogen-bond acceptors (Lipinski definition) is 1. The highest BCUT2D eigenvalue weighted by atomic mass is 16.4. The van der Waals surface area contributed by atoms with Gasteiger partial charge >= 0.3 is 5.97 Å². The molecule has 0 amide bonds. The van der Waals surface area contributed by atoms with Crippen molar-refractivity contribution in [3.8, 4) is 11.1 Å². The molecule has 0 aliphatic carbocycles. The Labute approximate surface area is 117 Å². The molecule has 0 aromatic heterocycles. The molecule has 20 heavy (non-hydrogen) atoms. The Kier molecular flexibility index (Phi) is 2.99. The third-order valence-electron chi connectivity index (χ3n) is 3.54. The molecular formula is C18H14O2. The second-order valence-electron chi connectivity index (χ2n) is 4.86. The summed E-state index contributed by atoms with van der Waals surface area (Å²) in [6, 6.07) is 19.5. The molecule has 0 fully saturated rings. The van der Waals surface area contributed by atoms with Crippen molar-refractivity contribution in [3.63, 3.8) is 0 Å². The largest absolute Gasteiger partial charge is 0.478 e. The van der Waals surface area contributed by atoms with Gasteiger partial charge in [0.25, 0.3) is 0 Å². The van der Waals surface area contributed by atoms with E-state index in [-0.39, 0.29) is 0 Å². The van der Waals surface area contributed by atoms with E-state index in [0.29, 0.717) is 5.56 Å². The molecule has 1 N–H and O–H groups in total. The summed E-state index contributed by atoms with van der Waals surface area (Å²) in [5, 5.41) is 11.6. The lowest BCUT2D eigenvalue weighted by molar-refractivity contribution is 0.0697. The maximum Gasteiger partial charge on any atom is 0.336 e. The van der Waals surface area contributed by atoms with Crippen LogP contribution >= 0.6 is 0 Å². The molecule has 0 radical (unpaired) electrons. The maximum absolute atomic E-state index is 11.4. The summed E-state index contributed by atoms with van der Waals surface area (Å²) in [6.07, 6.45) is 0. The van der Waals surface area contributed by atoms with Crippen molar-refractivity contribution in [1.82, 2.24) is 0 Å². The predicted molar refractivity (Wildman–Crippen MR) is 81.1 cm³/mol. The molecule has 0 unspecified atom stereocenters. The van der Waals surface area contributed by atoms with Gasteiger partial charge in [-0.2, -0.15) is 0 Å². The average molecular weight is 262 g/mol. The van der Waals surface area contributed by atoms with Gasteiger partial charge in [-0.15, -0.1) is 0 Å². The van der Waals surface area contributed by atoms with Crippen LogP contribution in [0.2, 0.25) is 0 Å². The first-order valence-corrected chi connectivity index (χ1v) is 6.49. The van der Waals surface area contributed by atoms with Crippen molar-refractivity contribution in [1.29, 1.82) is 0 Å². The molecule has 0 atom stereocenters. The molecule has 0 saturated heterocycles. The van der Waals surface area contributed by atoms with Gasteiger partial charge in [0, 0.05) is 0 Å². The van der Waals surface area contributed by atoms with E-state index >= 15 is 0 Å². The van der Waals surface area contributed by atoms with Gasteiger partial charge in [0.2, 0.25) is 0 Å². The number of benzene rings is 3. The van der Waals surface area contributed by atoms with Crippen LogP contribution < -0.4 is 0 Å². The fourth-order valence-electron chi connectivity index (χ4n) is 2.57. The van der Waals surface area contributed by atoms with E-state index < -0.39 is 5.97 Å². The Bertz CT molecular complexity index is 803. The molecule has 98 valence electrons. The Morgan fingerprint density at radius 2 is 1.65 bits per heavy atom. The Morgan fingerprint density at radius 1 is 0.900 bits per heavy atom. The van der Waals surface area contributed by atoms with Gasteiger partial charge in [-0.3, -0.25) is 0 Å². The minimum Gasteiger partial charge on any atom is -0.478 e. The van der Waals surface area contributed by atoms with Gasteiger partial charge in [-0.05, 0) is 46.5 Å². The van der Waals surface area contributed by atoms with Crippen LogP contribution in [-0.2, 0) is 0 Å². The molecule has 0 heterocycles. The van der Waals surface area contributed by atoms with Crippen LogP contribution in [0.1, 0.15) is 15.9 Å². The SMILES string of the molecule is Cc1cccc(C(=O)O)c1-c1ccc2ccccc2c1. The molecule has 0 aliphatic heterocycles. The third-order valence-corrected chi connectivity index (χ3v) is 3.54. The van der Waals surface area contributed by atoms with Crippen molar-refractivity contribution >= 4 is 16.7 Å². The summed E-state index contributed by atoms with van der Waals surface area (Å²) in [6.45, 7) is 1.94. The fraction of sp³-hybridized carbons (Fsp3) is 0.0556. The van der Waals surface area contributed by atoms with E-state index in [1.165, 1.54) is 0 Å². The Balaban J connectivity index is 2.28. The van der Waals surface area contributed by atoms with Crippen molar-refractivity contribution < 1.29 is 9.90 Å². The Morgan fingerprint density at radius 3 is 2.40 bits per heavy atom. The van der Waals surface area contributed by atoms with Gasteiger partial charge in [-0.25, -0.2) is 4.79 Å². The summed E-state index contributed by atoms with van der Waals surface area (Å²) in [5.74, 6) is -0.892. The average Bonchev–Trinajstić information content (AvgIpc) is 2.46. The smallest absolute Gasteiger partial charge is 0.336 e. The van der Waals surface area contributed by atoms with Crippen molar-refractivity contribution in [2.75, 3.05) is 0 Å². The number of aryl methyl sites for hydroxylation is 1. The molecule has 2 nitrogen and oxygen atoms in total. The number of carboxylic acid groups (broad SMARTS) is 1. The van der Waals surface area contributed by atoms with E-state index in [1.54, 1.807) is 12.1 Å². The van der Waals surface area contributed by atoms with E-state index in [1.807, 2.05) is 49.4 Å². The summed E-state index contributed by atoms with van der Waals surface area (Å²) in [5.41, 5.74) is 3.06. The fourth-order valence-corrected chi connectivity index (χ4v) is 2.57. The first-order valence-electron chi connectivity index (χ1n) is 6.49. The van der Waals surface area contributed by atoms with Gasteiger partial charge in [0.05, 0.1) is 5.56 Å². The highest BCUT2D eigenvalue weighted by molar-refractivity contribution is 5.98. The first kappa shape index (κ1) is 12.4. The van der Waals surface area contributed by atoms with Gasteiger partial charge < -0.3 is 5.11 Å². The van der Waals surface area contributed by atoms with Crippen molar-refractivity contribution in [2.45, 2.75) is 6.92 Å². The Hall–Kier alpha value is -2.61. The molecule has 0 aliphatic rings. The summed E-state index contributed by atoms with van der Waals surface area (Å²) < 4.78 is 0. The maximum atomic E-state index is 11.4. The molecule has 2 heteroatoms. The molecule has 3 aromatic carbocycles. The number of carboxylic acids is 1. The van der Waals surface area contributed by atoms with Crippen molar-refractivity contribution in [3.05, 3.63) is 71.8 Å². The van der Waals surface area contributed by atoms with Crippen LogP contribution in [0.15, 0.2) is 60.7 Å². The number of hydrogen-bond donors (Lipinski definition) is 1. The minimum absolute atomic E-state index is 0.347. The minimum atomic E-state index is -0.892. The molecule has 0 saturated carbocycles. The highest BCUT2D eigenvalue weighted by Crippen LogP contribution is 2.30. The van der Waals surface area contributed by atoms with Gasteiger partial charge in [-0.1, -0.05) is 48.5 Å². The lowest BCUT2D eigenvalue weighted by atomic mass is 9.93. The lowest BCUT2D eigenvalue weighted by Gasteiger charge is -2.11. The zero-order valence-electron chi connectivity index (χ0n) is 11.1. The molecule has 0 spiro atoms. The van der Waals surface area contributed by atoms with Crippen molar-refractivity contribution in [2.24, 2.45) is 0 Å². The van der Waals surface area contributed by atoms with E-state index in [4.69, 9.17) is 0 Å². The first-order chi connectivity index (χ1) is 9.66. The second kappa shape index (κ2) is 4.82. The zero-order chi connectivity index (χ0) is 14.1. The molecular weight excluding hydrogens is 248 g/mol. The van der Waals surface area contributed by atoms with Crippen LogP contribution in [0.25, 0.3) is 21.9 Å². The van der Waals surface area contributed by atoms with E-state index in [0.717, 1.165) is 27.5 Å². The number of fused-ring (bicyclic) bond motifs is 1. The monoisotopic (exact) mass is 262 g/mol.